The highest BCUT2D eigenvalue weighted by molar-refractivity contribution is 6.00. The van der Waals surface area contributed by atoms with Crippen molar-refractivity contribution in [2.45, 2.75) is 83.3 Å². The van der Waals surface area contributed by atoms with Gasteiger partial charge in [0.2, 0.25) is 11.8 Å². The number of amides is 2. The quantitative estimate of drug-likeness (QED) is 0.489. The lowest BCUT2D eigenvalue weighted by Gasteiger charge is -2.42. The summed E-state index contributed by atoms with van der Waals surface area (Å²) in [5.74, 6) is 0.00225. The van der Waals surface area contributed by atoms with Gasteiger partial charge in [0.05, 0.1) is 6.42 Å². The number of aliphatic hydroxyl groups is 1. The maximum atomic E-state index is 12.5. The average molecular weight is 364 g/mol. The molecule has 0 aromatic heterocycles. The van der Waals surface area contributed by atoms with Crippen molar-refractivity contribution in [2.24, 2.45) is 5.92 Å². The van der Waals surface area contributed by atoms with Crippen molar-refractivity contribution in [3.05, 3.63) is 11.1 Å². The number of nitrogens with one attached hydrogen (secondary N) is 4. The molecule has 0 bridgehead atoms. The van der Waals surface area contributed by atoms with Gasteiger partial charge in [0.15, 0.2) is 0 Å². The Kier molecular flexibility index (Phi) is 5.99. The number of piperidine rings is 2. The van der Waals surface area contributed by atoms with Crippen LogP contribution in [0.1, 0.15) is 52.9 Å². The molecule has 2 fully saturated rings. The molecule has 3 rings (SSSR count). The Morgan fingerprint density at radius 3 is 2.85 bits per heavy atom. The van der Waals surface area contributed by atoms with Crippen LogP contribution >= 0.6 is 0 Å². The van der Waals surface area contributed by atoms with Crippen LogP contribution < -0.4 is 21.3 Å². The maximum Gasteiger partial charge on any atom is 0.247 e. The number of fused-ring (bicyclic) bond motifs is 1. The van der Waals surface area contributed by atoms with Crippen LogP contribution in [0.15, 0.2) is 11.1 Å². The van der Waals surface area contributed by atoms with Crippen molar-refractivity contribution in [3.63, 3.8) is 0 Å². The molecule has 0 radical (unpaired) electrons. The van der Waals surface area contributed by atoms with Gasteiger partial charge in [0.1, 0.15) is 6.23 Å². The summed E-state index contributed by atoms with van der Waals surface area (Å²) in [6.07, 6.45) is 3.14. The fraction of sp³-hybridized carbons (Fsp3) is 0.789. The summed E-state index contributed by atoms with van der Waals surface area (Å²) in [6, 6.07) is 0.426. The first-order valence-electron chi connectivity index (χ1n) is 9.84. The van der Waals surface area contributed by atoms with E-state index in [1.54, 1.807) is 0 Å². The topological polar surface area (TPSA) is 102 Å². The van der Waals surface area contributed by atoms with Gasteiger partial charge in [-0.2, -0.15) is 0 Å². The number of aliphatic hydroxyl groups excluding tert-OH is 1. The number of carbonyl (C=O) groups excluding carboxylic acids is 2. The molecule has 26 heavy (non-hydrogen) atoms. The van der Waals surface area contributed by atoms with Crippen LogP contribution in [0.2, 0.25) is 0 Å². The van der Waals surface area contributed by atoms with Gasteiger partial charge in [-0.25, -0.2) is 0 Å². The molecule has 7 nitrogen and oxygen atoms in total. The fourth-order valence-corrected chi connectivity index (χ4v) is 4.72. The molecule has 3 aliphatic rings. The summed E-state index contributed by atoms with van der Waals surface area (Å²) in [5.41, 5.74) is 1.63. The molecule has 5 unspecified atom stereocenters. The van der Waals surface area contributed by atoms with Gasteiger partial charge in [-0.05, 0) is 53.0 Å². The second kappa shape index (κ2) is 8.06. The molecule has 0 aromatic rings. The van der Waals surface area contributed by atoms with E-state index < -0.39 is 6.23 Å². The van der Waals surface area contributed by atoms with Crippen molar-refractivity contribution in [1.82, 2.24) is 21.3 Å². The predicted molar refractivity (Wildman–Crippen MR) is 99.2 cm³/mol. The van der Waals surface area contributed by atoms with Crippen LogP contribution in [0.25, 0.3) is 0 Å². The lowest BCUT2D eigenvalue weighted by atomic mass is 9.76. The number of rotatable bonds is 4. The zero-order chi connectivity index (χ0) is 18.8. The SMILES string of the molecule is CC1=C(CC(=O)N[C@@H](C)C2CCCC(O)N2)C(=O)NC2CCNC(C)C12. The zero-order valence-electron chi connectivity index (χ0n) is 16.0. The van der Waals surface area contributed by atoms with Gasteiger partial charge < -0.3 is 21.1 Å². The van der Waals surface area contributed by atoms with E-state index >= 15 is 0 Å². The molecule has 7 heteroatoms. The normalized spacial score (nSPS) is 36.2. The number of hydrogen-bond acceptors (Lipinski definition) is 5. The lowest BCUT2D eigenvalue weighted by molar-refractivity contribution is -0.124. The van der Waals surface area contributed by atoms with Crippen molar-refractivity contribution >= 4 is 11.8 Å². The van der Waals surface area contributed by atoms with Crippen LogP contribution in [0.5, 0.6) is 0 Å². The van der Waals surface area contributed by atoms with Crippen LogP contribution in [-0.2, 0) is 9.59 Å². The minimum atomic E-state index is -0.501. The fourth-order valence-electron chi connectivity index (χ4n) is 4.72. The molecule has 6 atom stereocenters. The summed E-state index contributed by atoms with van der Waals surface area (Å²) in [4.78, 5) is 25.1. The van der Waals surface area contributed by atoms with E-state index in [0.717, 1.165) is 37.8 Å². The first kappa shape index (κ1) is 19.3. The Hall–Kier alpha value is -1.44. The van der Waals surface area contributed by atoms with Crippen LogP contribution in [0, 0.1) is 5.92 Å². The molecular formula is C19H32N4O3. The smallest absolute Gasteiger partial charge is 0.247 e. The average Bonchev–Trinajstić information content (AvgIpc) is 2.58. The molecule has 3 aliphatic heterocycles. The molecule has 0 saturated carbocycles. The first-order valence-corrected chi connectivity index (χ1v) is 9.84. The monoisotopic (exact) mass is 364 g/mol. The molecule has 3 heterocycles. The molecule has 146 valence electrons. The Morgan fingerprint density at radius 1 is 1.35 bits per heavy atom. The summed E-state index contributed by atoms with van der Waals surface area (Å²) in [5, 5.41) is 22.4. The van der Waals surface area contributed by atoms with Crippen LogP contribution in [0.3, 0.4) is 0 Å². The van der Waals surface area contributed by atoms with E-state index in [0.29, 0.717) is 11.6 Å². The third-order valence-corrected chi connectivity index (χ3v) is 6.19. The van der Waals surface area contributed by atoms with Gasteiger partial charge in [-0.3, -0.25) is 14.9 Å². The minimum Gasteiger partial charge on any atom is -0.379 e. The summed E-state index contributed by atoms with van der Waals surface area (Å²) < 4.78 is 0. The molecule has 0 spiro atoms. The predicted octanol–water partition coefficient (Wildman–Crippen LogP) is 0.155. The Balaban J connectivity index is 1.64. The van der Waals surface area contributed by atoms with E-state index in [1.165, 1.54) is 0 Å². The second-order valence-electron chi connectivity index (χ2n) is 8.05. The number of carbonyl (C=O) groups is 2. The first-order chi connectivity index (χ1) is 12.4. The van der Waals surface area contributed by atoms with Crippen molar-refractivity contribution < 1.29 is 14.7 Å². The zero-order valence-corrected chi connectivity index (χ0v) is 16.0. The van der Waals surface area contributed by atoms with E-state index in [4.69, 9.17) is 0 Å². The largest absolute Gasteiger partial charge is 0.379 e. The van der Waals surface area contributed by atoms with Gasteiger partial charge in [0.25, 0.3) is 0 Å². The third kappa shape index (κ3) is 4.10. The van der Waals surface area contributed by atoms with Crippen LogP contribution in [0.4, 0.5) is 0 Å². The Labute approximate surface area is 155 Å². The van der Waals surface area contributed by atoms with Gasteiger partial charge >= 0.3 is 0 Å². The summed E-state index contributed by atoms with van der Waals surface area (Å²) in [6.45, 7) is 6.98. The maximum absolute atomic E-state index is 12.5. The lowest BCUT2D eigenvalue weighted by Crippen LogP contribution is -2.57. The van der Waals surface area contributed by atoms with Crippen molar-refractivity contribution in [3.8, 4) is 0 Å². The molecule has 5 N–H and O–H groups in total. The molecule has 2 amide bonds. The summed E-state index contributed by atoms with van der Waals surface area (Å²) >= 11 is 0. The van der Waals surface area contributed by atoms with Crippen molar-refractivity contribution in [2.75, 3.05) is 6.54 Å². The third-order valence-electron chi connectivity index (χ3n) is 6.19. The summed E-state index contributed by atoms with van der Waals surface area (Å²) in [7, 11) is 0. The highest BCUT2D eigenvalue weighted by Crippen LogP contribution is 2.32. The molecule has 2 saturated heterocycles. The van der Waals surface area contributed by atoms with Crippen LogP contribution in [-0.4, -0.2) is 53.9 Å². The van der Waals surface area contributed by atoms with Gasteiger partial charge in [-0.1, -0.05) is 5.57 Å². The molecule has 0 aliphatic carbocycles. The standard InChI is InChI=1S/C19H32N4O3/c1-10-13(19(26)23-15-7-8-20-12(3)18(10)15)9-17(25)21-11(2)14-5-4-6-16(24)22-14/h11-12,14-16,18,20,22,24H,4-9H2,1-3H3,(H,21,25)(H,23,26)/t11-,12?,14?,15?,16?,18?/m0/s1. The van der Waals surface area contributed by atoms with E-state index in [9.17, 15) is 14.7 Å². The Bertz CT molecular complexity index is 591. The highest BCUT2D eigenvalue weighted by atomic mass is 16.3. The molecule has 0 aromatic carbocycles. The number of hydrogen-bond donors (Lipinski definition) is 5. The highest BCUT2D eigenvalue weighted by Gasteiger charge is 2.39. The van der Waals surface area contributed by atoms with Gasteiger partial charge in [0, 0.05) is 35.7 Å². The van der Waals surface area contributed by atoms with Gasteiger partial charge in [-0.15, -0.1) is 0 Å². The van der Waals surface area contributed by atoms with Crippen molar-refractivity contribution in [1.29, 1.82) is 0 Å². The Morgan fingerprint density at radius 2 is 2.12 bits per heavy atom. The second-order valence-corrected chi connectivity index (χ2v) is 8.05. The van der Waals surface area contributed by atoms with E-state index in [-0.39, 0.29) is 42.3 Å². The molecular weight excluding hydrogens is 332 g/mol. The van der Waals surface area contributed by atoms with E-state index in [1.807, 2.05) is 13.8 Å². The minimum absolute atomic E-state index is 0.0601. The van der Waals surface area contributed by atoms with E-state index in [2.05, 4.69) is 28.2 Å².